The Kier molecular flexibility index (Phi) is 4.69. The van der Waals surface area contributed by atoms with Crippen LogP contribution >= 0.6 is 11.6 Å². The van der Waals surface area contributed by atoms with E-state index in [-0.39, 0.29) is 22.0 Å². The molecule has 0 saturated carbocycles. The molecule has 0 saturated heterocycles. The average molecular weight is 352 g/mol. The zero-order chi connectivity index (χ0) is 18.0. The highest BCUT2D eigenvalue weighted by molar-refractivity contribution is 6.33. The van der Waals surface area contributed by atoms with Crippen molar-refractivity contribution in [3.8, 4) is 28.5 Å². The Bertz CT molecular complexity index is 955. The number of benzene rings is 2. The SMILES string of the molecule is CCc1ccc(-c2cc(-c3c(F)cccc3Cl)c(C#N)c(N)n2)cc1. The third-order valence-corrected chi connectivity index (χ3v) is 4.36. The minimum atomic E-state index is -0.512. The summed E-state index contributed by atoms with van der Waals surface area (Å²) in [4.78, 5) is 4.30. The molecular weight excluding hydrogens is 337 g/mol. The van der Waals surface area contributed by atoms with Gasteiger partial charge in [0.25, 0.3) is 0 Å². The van der Waals surface area contributed by atoms with Crippen molar-refractivity contribution in [3.63, 3.8) is 0 Å². The molecule has 3 nitrogen and oxygen atoms in total. The van der Waals surface area contributed by atoms with Gasteiger partial charge < -0.3 is 5.73 Å². The largest absolute Gasteiger partial charge is 0.383 e. The van der Waals surface area contributed by atoms with Crippen molar-refractivity contribution in [2.75, 3.05) is 5.73 Å². The maximum absolute atomic E-state index is 14.4. The topological polar surface area (TPSA) is 62.7 Å². The second-order valence-electron chi connectivity index (χ2n) is 5.57. The van der Waals surface area contributed by atoms with Gasteiger partial charge in [-0.3, -0.25) is 0 Å². The molecule has 124 valence electrons. The monoisotopic (exact) mass is 351 g/mol. The van der Waals surface area contributed by atoms with Crippen molar-refractivity contribution in [2.24, 2.45) is 0 Å². The predicted octanol–water partition coefficient (Wildman–Crippen LogP) is 5.22. The first-order valence-electron chi connectivity index (χ1n) is 7.79. The highest BCUT2D eigenvalue weighted by atomic mass is 35.5. The molecule has 0 aliphatic heterocycles. The van der Waals surface area contributed by atoms with Gasteiger partial charge in [0.15, 0.2) is 0 Å². The van der Waals surface area contributed by atoms with Crippen molar-refractivity contribution in [3.05, 3.63) is 70.5 Å². The van der Waals surface area contributed by atoms with E-state index in [0.29, 0.717) is 11.3 Å². The van der Waals surface area contributed by atoms with E-state index in [4.69, 9.17) is 17.3 Å². The summed E-state index contributed by atoms with van der Waals surface area (Å²) in [6.45, 7) is 2.07. The van der Waals surface area contributed by atoms with Crippen LogP contribution in [-0.4, -0.2) is 4.98 Å². The molecule has 2 N–H and O–H groups in total. The Morgan fingerprint density at radius 2 is 1.92 bits per heavy atom. The number of hydrogen-bond acceptors (Lipinski definition) is 3. The second kappa shape index (κ2) is 6.92. The Balaban J connectivity index is 2.24. The number of nitrogens with zero attached hydrogens (tertiary/aromatic N) is 2. The molecular formula is C20H15ClFN3. The van der Waals surface area contributed by atoms with E-state index in [1.165, 1.54) is 17.7 Å². The van der Waals surface area contributed by atoms with Gasteiger partial charge in [-0.25, -0.2) is 9.37 Å². The van der Waals surface area contributed by atoms with Crippen LogP contribution in [0.2, 0.25) is 5.02 Å². The molecule has 25 heavy (non-hydrogen) atoms. The first-order valence-corrected chi connectivity index (χ1v) is 8.17. The summed E-state index contributed by atoms with van der Waals surface area (Å²) in [5.41, 5.74) is 9.17. The first-order chi connectivity index (χ1) is 12.0. The fourth-order valence-corrected chi connectivity index (χ4v) is 2.96. The van der Waals surface area contributed by atoms with Crippen molar-refractivity contribution in [1.29, 1.82) is 5.26 Å². The highest BCUT2D eigenvalue weighted by Crippen LogP contribution is 2.36. The minimum absolute atomic E-state index is 0.0499. The van der Waals surface area contributed by atoms with Crippen molar-refractivity contribution in [1.82, 2.24) is 4.98 Å². The first kappa shape index (κ1) is 16.9. The second-order valence-corrected chi connectivity index (χ2v) is 5.98. The molecule has 0 spiro atoms. The van der Waals surface area contributed by atoms with Crippen LogP contribution in [0.1, 0.15) is 18.1 Å². The summed E-state index contributed by atoms with van der Waals surface area (Å²) in [6.07, 6.45) is 0.930. The number of halogens is 2. The molecule has 0 fully saturated rings. The number of aromatic nitrogens is 1. The maximum Gasteiger partial charge on any atom is 0.142 e. The molecule has 3 rings (SSSR count). The van der Waals surface area contributed by atoms with Crippen LogP contribution in [0.5, 0.6) is 0 Å². The van der Waals surface area contributed by atoms with Gasteiger partial charge in [-0.2, -0.15) is 5.26 Å². The molecule has 1 heterocycles. The Morgan fingerprint density at radius 3 is 2.52 bits per heavy atom. The van der Waals surface area contributed by atoms with Gasteiger partial charge in [0.1, 0.15) is 23.3 Å². The third-order valence-electron chi connectivity index (χ3n) is 4.05. The van der Waals surface area contributed by atoms with Crippen molar-refractivity contribution >= 4 is 17.4 Å². The van der Waals surface area contributed by atoms with Crippen LogP contribution in [0.3, 0.4) is 0 Å². The summed E-state index contributed by atoms with van der Waals surface area (Å²) >= 11 is 6.17. The molecule has 1 aromatic heterocycles. The molecule has 0 bridgehead atoms. The van der Waals surface area contributed by atoms with Crippen LogP contribution in [-0.2, 0) is 6.42 Å². The van der Waals surface area contributed by atoms with E-state index in [2.05, 4.69) is 11.9 Å². The number of aryl methyl sites for hydroxylation is 1. The van der Waals surface area contributed by atoms with Gasteiger partial charge in [0.2, 0.25) is 0 Å². The Morgan fingerprint density at radius 1 is 1.20 bits per heavy atom. The Labute approximate surface area is 150 Å². The molecule has 0 radical (unpaired) electrons. The zero-order valence-electron chi connectivity index (χ0n) is 13.6. The summed E-state index contributed by atoms with van der Waals surface area (Å²) < 4.78 is 14.4. The van der Waals surface area contributed by atoms with Gasteiger partial charge in [-0.05, 0) is 30.2 Å². The van der Waals surface area contributed by atoms with E-state index >= 15 is 0 Å². The number of nitrogens with two attached hydrogens (primary N) is 1. The standard InChI is InChI=1S/C20H15ClFN3/c1-2-12-6-8-13(9-7-12)18-10-14(15(11-23)20(24)25-18)19-16(21)4-3-5-17(19)22/h3-10H,2H2,1H3,(H2,24,25). The van der Waals surface area contributed by atoms with Crippen LogP contribution < -0.4 is 5.73 Å². The van der Waals surface area contributed by atoms with Gasteiger partial charge in [-0.15, -0.1) is 0 Å². The van der Waals surface area contributed by atoms with Gasteiger partial charge in [-0.1, -0.05) is 48.9 Å². The predicted molar refractivity (Wildman–Crippen MR) is 98.6 cm³/mol. The molecule has 5 heteroatoms. The fraction of sp³-hybridized carbons (Fsp3) is 0.100. The molecule has 3 aromatic rings. The number of pyridine rings is 1. The fourth-order valence-electron chi connectivity index (χ4n) is 2.69. The summed E-state index contributed by atoms with van der Waals surface area (Å²) in [5.74, 6) is -0.462. The van der Waals surface area contributed by atoms with Gasteiger partial charge >= 0.3 is 0 Å². The lowest BCUT2D eigenvalue weighted by Gasteiger charge is -2.12. The lowest BCUT2D eigenvalue weighted by atomic mass is 9.97. The normalized spacial score (nSPS) is 10.5. The van der Waals surface area contributed by atoms with E-state index in [0.717, 1.165) is 12.0 Å². The maximum atomic E-state index is 14.4. The molecule has 0 aliphatic rings. The Hall–Kier alpha value is -2.90. The minimum Gasteiger partial charge on any atom is -0.383 e. The molecule has 0 amide bonds. The van der Waals surface area contributed by atoms with E-state index in [1.54, 1.807) is 12.1 Å². The third kappa shape index (κ3) is 3.19. The number of hydrogen-bond donors (Lipinski definition) is 1. The summed E-state index contributed by atoms with van der Waals surface area (Å²) in [7, 11) is 0. The van der Waals surface area contributed by atoms with Crippen LogP contribution in [0, 0.1) is 17.1 Å². The number of rotatable bonds is 3. The summed E-state index contributed by atoms with van der Waals surface area (Å²) in [6, 6.07) is 15.9. The van der Waals surface area contributed by atoms with E-state index in [1.807, 2.05) is 30.3 Å². The van der Waals surface area contributed by atoms with Gasteiger partial charge in [0, 0.05) is 16.7 Å². The van der Waals surface area contributed by atoms with Crippen LogP contribution in [0.15, 0.2) is 48.5 Å². The van der Waals surface area contributed by atoms with E-state index < -0.39 is 5.82 Å². The highest BCUT2D eigenvalue weighted by Gasteiger charge is 2.18. The molecule has 0 aliphatic carbocycles. The van der Waals surface area contributed by atoms with Crippen LogP contribution in [0.4, 0.5) is 10.2 Å². The number of nitriles is 1. The average Bonchev–Trinajstić information content (AvgIpc) is 2.61. The van der Waals surface area contributed by atoms with Crippen molar-refractivity contribution < 1.29 is 4.39 Å². The number of anilines is 1. The molecule has 2 aromatic carbocycles. The van der Waals surface area contributed by atoms with Crippen LogP contribution in [0.25, 0.3) is 22.4 Å². The quantitative estimate of drug-likeness (QED) is 0.703. The summed E-state index contributed by atoms with van der Waals surface area (Å²) in [5, 5.41) is 9.65. The van der Waals surface area contributed by atoms with Crippen molar-refractivity contribution in [2.45, 2.75) is 13.3 Å². The lowest BCUT2D eigenvalue weighted by molar-refractivity contribution is 0.631. The molecule has 0 unspecified atom stereocenters. The molecule has 0 atom stereocenters. The zero-order valence-corrected chi connectivity index (χ0v) is 14.3. The number of nitrogen functional groups attached to an aromatic ring is 1. The smallest absolute Gasteiger partial charge is 0.142 e. The lowest BCUT2D eigenvalue weighted by Crippen LogP contribution is -2.01. The van der Waals surface area contributed by atoms with Gasteiger partial charge in [0.05, 0.1) is 10.7 Å². The van der Waals surface area contributed by atoms with E-state index in [9.17, 15) is 9.65 Å².